The minimum absolute atomic E-state index is 0.152. The van der Waals surface area contributed by atoms with Crippen molar-refractivity contribution in [2.45, 2.75) is 64.4 Å². The first-order valence-electron chi connectivity index (χ1n) is 9.26. The van der Waals surface area contributed by atoms with Crippen molar-refractivity contribution in [3.63, 3.8) is 0 Å². The van der Waals surface area contributed by atoms with E-state index in [2.05, 4.69) is 27.8 Å². The van der Waals surface area contributed by atoms with Gasteiger partial charge >= 0.3 is 12.3 Å². The Balaban J connectivity index is 2.00. The SMILES string of the molecule is CN(Cc1ccc(C(F)(F)F)cc1Br)C1(C)CCN(C(=O)OC(C)(C)C)CC1. The van der Waals surface area contributed by atoms with Crippen LogP contribution in [0.2, 0.25) is 0 Å². The number of ether oxygens (including phenoxy) is 1. The summed E-state index contributed by atoms with van der Waals surface area (Å²) in [7, 11) is 1.97. The maximum absolute atomic E-state index is 12.8. The summed E-state index contributed by atoms with van der Waals surface area (Å²) in [6, 6.07) is 3.75. The normalized spacial score (nSPS) is 17.7. The number of carbonyl (C=O) groups is 1. The third-order valence-corrected chi connectivity index (χ3v) is 5.94. The van der Waals surface area contributed by atoms with Gasteiger partial charge in [-0.15, -0.1) is 0 Å². The van der Waals surface area contributed by atoms with Crippen molar-refractivity contribution < 1.29 is 22.7 Å². The van der Waals surface area contributed by atoms with Crippen molar-refractivity contribution in [2.75, 3.05) is 20.1 Å². The van der Waals surface area contributed by atoms with Gasteiger partial charge in [0.05, 0.1) is 5.56 Å². The highest BCUT2D eigenvalue weighted by molar-refractivity contribution is 9.10. The molecule has 1 aliphatic heterocycles. The first-order chi connectivity index (χ1) is 12.7. The van der Waals surface area contributed by atoms with Crippen molar-refractivity contribution in [2.24, 2.45) is 0 Å². The summed E-state index contributed by atoms with van der Waals surface area (Å²) in [5.41, 5.74) is -0.543. The lowest BCUT2D eigenvalue weighted by molar-refractivity contribution is -0.137. The molecule has 28 heavy (non-hydrogen) atoms. The van der Waals surface area contributed by atoms with Gasteiger partial charge in [0.2, 0.25) is 0 Å². The van der Waals surface area contributed by atoms with Gasteiger partial charge in [0, 0.05) is 29.6 Å². The van der Waals surface area contributed by atoms with Gasteiger partial charge in [0.15, 0.2) is 0 Å². The van der Waals surface area contributed by atoms with E-state index in [1.54, 1.807) is 4.90 Å². The average Bonchev–Trinajstić information content (AvgIpc) is 2.54. The molecule has 8 heteroatoms. The Labute approximate surface area is 173 Å². The summed E-state index contributed by atoms with van der Waals surface area (Å²) in [5, 5.41) is 0. The van der Waals surface area contributed by atoms with E-state index in [0.717, 1.165) is 30.5 Å². The molecule has 0 unspecified atom stereocenters. The van der Waals surface area contributed by atoms with Crippen LogP contribution in [0.5, 0.6) is 0 Å². The third-order valence-electron chi connectivity index (χ3n) is 5.20. The number of amides is 1. The summed E-state index contributed by atoms with van der Waals surface area (Å²) < 4.78 is 44.4. The molecule has 1 heterocycles. The van der Waals surface area contributed by atoms with Crippen LogP contribution < -0.4 is 0 Å². The summed E-state index contributed by atoms with van der Waals surface area (Å²) >= 11 is 3.27. The minimum atomic E-state index is -4.35. The van der Waals surface area contributed by atoms with E-state index in [0.29, 0.717) is 24.1 Å². The molecule has 158 valence electrons. The Bertz CT molecular complexity index is 708. The molecule has 2 rings (SSSR count). The van der Waals surface area contributed by atoms with Crippen molar-refractivity contribution in [3.05, 3.63) is 33.8 Å². The second kappa shape index (κ2) is 8.22. The molecule has 0 aliphatic carbocycles. The molecule has 0 aromatic heterocycles. The molecule has 1 aromatic carbocycles. The van der Waals surface area contributed by atoms with Gasteiger partial charge in [0.1, 0.15) is 5.60 Å². The summed E-state index contributed by atoms with van der Waals surface area (Å²) in [6.45, 7) is 9.34. The quantitative estimate of drug-likeness (QED) is 0.575. The Morgan fingerprint density at radius 2 is 1.82 bits per heavy atom. The molecule has 1 aliphatic rings. The number of benzene rings is 1. The smallest absolute Gasteiger partial charge is 0.416 e. The van der Waals surface area contributed by atoms with Crippen molar-refractivity contribution in [1.29, 1.82) is 0 Å². The Kier molecular flexibility index (Phi) is 6.76. The zero-order valence-corrected chi connectivity index (χ0v) is 18.6. The Morgan fingerprint density at radius 1 is 1.25 bits per heavy atom. The zero-order chi connectivity index (χ0) is 21.3. The van der Waals surface area contributed by atoms with Crippen LogP contribution in [0.1, 0.15) is 51.7 Å². The van der Waals surface area contributed by atoms with Gasteiger partial charge in [-0.3, -0.25) is 4.90 Å². The van der Waals surface area contributed by atoms with Crippen molar-refractivity contribution in [3.8, 4) is 0 Å². The molecular formula is C20H28BrF3N2O2. The summed E-state index contributed by atoms with van der Waals surface area (Å²) in [4.78, 5) is 16.1. The number of likely N-dealkylation sites (tertiary alicyclic amines) is 1. The number of piperidine rings is 1. The fourth-order valence-corrected chi connectivity index (χ4v) is 3.68. The van der Waals surface area contributed by atoms with Gasteiger partial charge in [-0.1, -0.05) is 22.0 Å². The van der Waals surface area contributed by atoms with E-state index in [4.69, 9.17) is 4.74 Å². The fraction of sp³-hybridized carbons (Fsp3) is 0.650. The molecule has 0 atom stereocenters. The topological polar surface area (TPSA) is 32.8 Å². The Morgan fingerprint density at radius 3 is 2.29 bits per heavy atom. The average molecular weight is 465 g/mol. The maximum atomic E-state index is 12.8. The number of hydrogen-bond acceptors (Lipinski definition) is 3. The highest BCUT2D eigenvalue weighted by Gasteiger charge is 2.37. The largest absolute Gasteiger partial charge is 0.444 e. The number of rotatable bonds is 3. The summed E-state index contributed by atoms with van der Waals surface area (Å²) in [5.74, 6) is 0. The van der Waals surface area contributed by atoms with Crippen LogP contribution >= 0.6 is 15.9 Å². The van der Waals surface area contributed by atoms with Gasteiger partial charge in [0.25, 0.3) is 0 Å². The second-order valence-electron chi connectivity index (χ2n) is 8.62. The highest BCUT2D eigenvalue weighted by atomic mass is 79.9. The predicted octanol–water partition coefficient (Wildman–Crippen LogP) is 5.69. The number of carbonyl (C=O) groups excluding carboxylic acids is 1. The molecule has 0 N–H and O–H groups in total. The van der Waals surface area contributed by atoms with Crippen LogP contribution in [0.15, 0.2) is 22.7 Å². The number of hydrogen-bond donors (Lipinski definition) is 0. The molecule has 4 nitrogen and oxygen atoms in total. The van der Waals surface area contributed by atoms with Gasteiger partial charge in [-0.25, -0.2) is 4.79 Å². The molecule has 1 saturated heterocycles. The monoisotopic (exact) mass is 464 g/mol. The number of alkyl halides is 3. The fourth-order valence-electron chi connectivity index (χ4n) is 3.18. The number of halogens is 4. The molecule has 0 spiro atoms. The Hall–Kier alpha value is -1.28. The predicted molar refractivity (Wildman–Crippen MR) is 106 cm³/mol. The van der Waals surface area contributed by atoms with Gasteiger partial charge in [-0.2, -0.15) is 13.2 Å². The summed E-state index contributed by atoms with van der Waals surface area (Å²) in [6.07, 6.45) is -3.13. The maximum Gasteiger partial charge on any atom is 0.416 e. The lowest BCUT2D eigenvalue weighted by Gasteiger charge is -2.45. The molecule has 1 amide bonds. The van der Waals surface area contributed by atoms with Crippen molar-refractivity contribution in [1.82, 2.24) is 9.80 Å². The van der Waals surface area contributed by atoms with E-state index in [1.165, 1.54) is 6.07 Å². The molecular weight excluding hydrogens is 437 g/mol. The van der Waals surface area contributed by atoms with Crippen LogP contribution in [0.25, 0.3) is 0 Å². The van der Waals surface area contributed by atoms with Crippen molar-refractivity contribution >= 4 is 22.0 Å². The van der Waals surface area contributed by atoms with Crippen LogP contribution in [0, 0.1) is 0 Å². The van der Waals surface area contributed by atoms with Crippen LogP contribution in [0.3, 0.4) is 0 Å². The van der Waals surface area contributed by atoms with E-state index in [9.17, 15) is 18.0 Å². The lowest BCUT2D eigenvalue weighted by atomic mass is 9.87. The molecule has 1 aromatic rings. The lowest BCUT2D eigenvalue weighted by Crippen LogP contribution is -2.53. The van der Waals surface area contributed by atoms with Gasteiger partial charge < -0.3 is 9.64 Å². The third kappa shape index (κ3) is 5.86. The standard InChI is InChI=1S/C20H28BrF3N2O2/c1-18(2,3)28-17(27)26-10-8-19(4,9-11-26)25(5)13-14-6-7-15(12-16(14)21)20(22,23)24/h6-7,12H,8-11,13H2,1-5H3. The van der Waals surface area contributed by atoms with E-state index < -0.39 is 17.3 Å². The molecule has 0 bridgehead atoms. The molecule has 0 radical (unpaired) electrons. The van der Waals surface area contributed by atoms with Crippen LogP contribution in [-0.2, 0) is 17.5 Å². The molecule has 0 saturated carbocycles. The minimum Gasteiger partial charge on any atom is -0.444 e. The highest BCUT2D eigenvalue weighted by Crippen LogP contribution is 2.34. The number of nitrogens with zero attached hydrogens (tertiary/aromatic N) is 2. The van der Waals surface area contributed by atoms with Gasteiger partial charge in [-0.05, 0) is 65.3 Å². The molecule has 1 fully saturated rings. The first kappa shape index (κ1) is 23.0. The van der Waals surface area contributed by atoms with E-state index in [-0.39, 0.29) is 11.6 Å². The first-order valence-corrected chi connectivity index (χ1v) is 10.1. The zero-order valence-electron chi connectivity index (χ0n) is 17.0. The van der Waals surface area contributed by atoms with E-state index >= 15 is 0 Å². The van der Waals surface area contributed by atoms with Crippen LogP contribution in [-0.4, -0.2) is 47.2 Å². The van der Waals surface area contributed by atoms with E-state index in [1.807, 2.05) is 27.8 Å². The second-order valence-corrected chi connectivity index (χ2v) is 9.48. The van der Waals surface area contributed by atoms with Crippen LogP contribution in [0.4, 0.5) is 18.0 Å².